The van der Waals surface area contributed by atoms with Crippen LogP contribution in [0.25, 0.3) is 0 Å². The van der Waals surface area contributed by atoms with Gasteiger partial charge in [-0.3, -0.25) is 0 Å². The van der Waals surface area contributed by atoms with E-state index in [0.29, 0.717) is 12.4 Å². The molecule has 0 fully saturated rings. The molecule has 0 amide bonds. The van der Waals surface area contributed by atoms with Crippen LogP contribution in [0.2, 0.25) is 0 Å². The van der Waals surface area contributed by atoms with Gasteiger partial charge in [0.2, 0.25) is 0 Å². The molecule has 0 bridgehead atoms. The van der Waals surface area contributed by atoms with E-state index in [-0.39, 0.29) is 6.61 Å². The molecule has 0 aliphatic heterocycles. The highest BCUT2D eigenvalue weighted by molar-refractivity contribution is 5.05. The molecule has 0 atom stereocenters. The van der Waals surface area contributed by atoms with E-state index in [2.05, 4.69) is 6.92 Å². The van der Waals surface area contributed by atoms with E-state index in [1.165, 1.54) is 96.3 Å². The summed E-state index contributed by atoms with van der Waals surface area (Å²) in [6, 6.07) is 3.67. The molecule has 1 aromatic heterocycles. The lowest BCUT2D eigenvalue weighted by Crippen LogP contribution is -1.94. The van der Waals surface area contributed by atoms with Gasteiger partial charge in [0.1, 0.15) is 24.7 Å². The van der Waals surface area contributed by atoms with Crippen molar-refractivity contribution in [3.63, 3.8) is 0 Å². The number of aliphatic hydroxyl groups excluding tert-OH is 1. The van der Waals surface area contributed by atoms with Crippen molar-refractivity contribution in [2.45, 2.75) is 123 Å². The fraction of sp³-hybridized carbons (Fsp3) is 0.833. The molecule has 0 aliphatic rings. The fourth-order valence-corrected chi connectivity index (χ4v) is 3.51. The molecule has 1 N–H and O–H groups in total. The highest BCUT2D eigenvalue weighted by Crippen LogP contribution is 2.14. The predicted octanol–water partition coefficient (Wildman–Crippen LogP) is 7.55. The van der Waals surface area contributed by atoms with Crippen LogP contribution in [0.5, 0.6) is 0 Å². The van der Waals surface area contributed by atoms with E-state index in [4.69, 9.17) is 14.3 Å². The van der Waals surface area contributed by atoms with Crippen LogP contribution in [-0.4, -0.2) is 11.7 Å². The summed E-state index contributed by atoms with van der Waals surface area (Å²) in [5, 5.41) is 8.94. The molecule has 0 aromatic carbocycles. The number of hydrogen-bond acceptors (Lipinski definition) is 3. The Morgan fingerprint density at radius 2 is 1.11 bits per heavy atom. The molecule has 0 saturated heterocycles. The van der Waals surface area contributed by atoms with Gasteiger partial charge in [0.15, 0.2) is 0 Å². The lowest BCUT2D eigenvalue weighted by Gasteiger charge is -2.04. The van der Waals surface area contributed by atoms with Gasteiger partial charge in [-0.25, -0.2) is 0 Å². The van der Waals surface area contributed by atoms with E-state index < -0.39 is 0 Å². The fourth-order valence-electron chi connectivity index (χ4n) is 3.51. The van der Waals surface area contributed by atoms with Gasteiger partial charge in [-0.2, -0.15) is 0 Å². The maximum absolute atomic E-state index is 8.94. The van der Waals surface area contributed by atoms with Crippen molar-refractivity contribution >= 4 is 0 Å². The number of ether oxygens (including phenoxy) is 1. The first-order valence-corrected chi connectivity index (χ1v) is 11.6. The zero-order valence-electron chi connectivity index (χ0n) is 17.9. The quantitative estimate of drug-likeness (QED) is 0.237. The first kappa shape index (κ1) is 24.2. The minimum atomic E-state index is -0.0425. The van der Waals surface area contributed by atoms with Gasteiger partial charge in [-0.05, 0) is 18.6 Å². The largest absolute Gasteiger partial charge is 0.461 e. The summed E-state index contributed by atoms with van der Waals surface area (Å²) < 4.78 is 11.0. The Hall–Kier alpha value is -0.800. The Labute approximate surface area is 167 Å². The van der Waals surface area contributed by atoms with Crippen molar-refractivity contribution < 1.29 is 14.3 Å². The molecule has 3 heteroatoms. The molecule has 158 valence electrons. The van der Waals surface area contributed by atoms with E-state index in [0.717, 1.165) is 18.8 Å². The van der Waals surface area contributed by atoms with Gasteiger partial charge in [0.25, 0.3) is 0 Å². The lowest BCUT2D eigenvalue weighted by molar-refractivity contribution is 0.0997. The van der Waals surface area contributed by atoms with Gasteiger partial charge in [0, 0.05) is 6.61 Å². The van der Waals surface area contributed by atoms with E-state index in [1.807, 2.05) is 6.07 Å². The van der Waals surface area contributed by atoms with Gasteiger partial charge < -0.3 is 14.3 Å². The van der Waals surface area contributed by atoms with Crippen LogP contribution >= 0.6 is 0 Å². The summed E-state index contributed by atoms with van der Waals surface area (Å²) >= 11 is 0. The number of furan rings is 1. The molecule has 1 heterocycles. The van der Waals surface area contributed by atoms with E-state index in [1.54, 1.807) is 6.07 Å². The first-order chi connectivity index (χ1) is 13.4. The van der Waals surface area contributed by atoms with E-state index in [9.17, 15) is 0 Å². The lowest BCUT2D eigenvalue weighted by atomic mass is 10.0. The molecule has 0 radical (unpaired) electrons. The Balaban J connectivity index is 1.71. The van der Waals surface area contributed by atoms with Crippen molar-refractivity contribution in [1.29, 1.82) is 0 Å². The monoisotopic (exact) mass is 380 g/mol. The third kappa shape index (κ3) is 14.9. The predicted molar refractivity (Wildman–Crippen MR) is 114 cm³/mol. The Bertz CT molecular complexity index is 414. The SMILES string of the molecule is CCCCCCCCCCCCCCCCCCOCc1ccc(CO)o1. The van der Waals surface area contributed by atoms with Crippen LogP contribution in [0.4, 0.5) is 0 Å². The standard InChI is InChI=1S/C24H44O3/c1-2-3-4-5-6-7-8-9-10-11-12-13-14-15-16-17-20-26-22-24-19-18-23(21-25)27-24/h18-19,25H,2-17,20-22H2,1H3. The summed E-state index contributed by atoms with van der Waals surface area (Å²) in [5.74, 6) is 1.41. The highest BCUT2D eigenvalue weighted by atomic mass is 16.5. The third-order valence-electron chi connectivity index (χ3n) is 5.26. The summed E-state index contributed by atoms with van der Waals surface area (Å²) in [6.45, 7) is 3.55. The van der Waals surface area contributed by atoms with Crippen LogP contribution in [0.3, 0.4) is 0 Å². The molecular weight excluding hydrogens is 336 g/mol. The van der Waals surface area contributed by atoms with Crippen molar-refractivity contribution in [2.75, 3.05) is 6.61 Å². The first-order valence-electron chi connectivity index (χ1n) is 11.6. The number of hydrogen-bond donors (Lipinski definition) is 1. The average molecular weight is 381 g/mol. The molecule has 1 rings (SSSR count). The maximum Gasteiger partial charge on any atom is 0.129 e. The molecule has 1 aromatic rings. The van der Waals surface area contributed by atoms with Crippen molar-refractivity contribution in [2.24, 2.45) is 0 Å². The number of unbranched alkanes of at least 4 members (excludes halogenated alkanes) is 15. The third-order valence-corrected chi connectivity index (χ3v) is 5.26. The van der Waals surface area contributed by atoms with Crippen molar-refractivity contribution in [3.05, 3.63) is 23.7 Å². The molecule has 3 nitrogen and oxygen atoms in total. The zero-order chi connectivity index (χ0) is 19.4. The molecular formula is C24H44O3. The molecule has 0 saturated carbocycles. The second-order valence-electron chi connectivity index (χ2n) is 7.88. The Morgan fingerprint density at radius 3 is 1.56 bits per heavy atom. The normalized spacial score (nSPS) is 11.3. The number of rotatable bonds is 20. The summed E-state index contributed by atoms with van der Waals surface area (Å²) in [6.07, 6.45) is 22.2. The van der Waals surface area contributed by atoms with Gasteiger partial charge in [0.05, 0.1) is 0 Å². The Kier molecular flexibility index (Phi) is 16.7. The van der Waals surface area contributed by atoms with Gasteiger partial charge >= 0.3 is 0 Å². The Morgan fingerprint density at radius 1 is 0.667 bits per heavy atom. The van der Waals surface area contributed by atoms with Crippen molar-refractivity contribution in [1.82, 2.24) is 0 Å². The minimum absolute atomic E-state index is 0.0425. The second-order valence-corrected chi connectivity index (χ2v) is 7.88. The zero-order valence-corrected chi connectivity index (χ0v) is 17.9. The van der Waals surface area contributed by atoms with Gasteiger partial charge in [-0.1, -0.05) is 103 Å². The summed E-state index contributed by atoms with van der Waals surface area (Å²) in [7, 11) is 0. The van der Waals surface area contributed by atoms with Gasteiger partial charge in [-0.15, -0.1) is 0 Å². The van der Waals surface area contributed by atoms with Crippen LogP contribution in [0.15, 0.2) is 16.5 Å². The molecule has 0 unspecified atom stereocenters. The molecule has 0 aliphatic carbocycles. The molecule has 27 heavy (non-hydrogen) atoms. The van der Waals surface area contributed by atoms with Crippen LogP contribution in [0, 0.1) is 0 Å². The average Bonchev–Trinajstić information content (AvgIpc) is 3.15. The van der Waals surface area contributed by atoms with Crippen molar-refractivity contribution in [3.8, 4) is 0 Å². The summed E-state index contributed by atoms with van der Waals surface area (Å²) in [4.78, 5) is 0. The van der Waals surface area contributed by atoms with Crippen LogP contribution in [-0.2, 0) is 18.0 Å². The molecule has 0 spiro atoms. The maximum atomic E-state index is 8.94. The second kappa shape index (κ2) is 18.6. The minimum Gasteiger partial charge on any atom is -0.461 e. The van der Waals surface area contributed by atoms with Crippen LogP contribution < -0.4 is 0 Å². The van der Waals surface area contributed by atoms with Crippen LogP contribution in [0.1, 0.15) is 121 Å². The summed E-state index contributed by atoms with van der Waals surface area (Å²) in [5.41, 5.74) is 0. The number of aliphatic hydroxyl groups is 1. The highest BCUT2D eigenvalue weighted by Gasteiger charge is 2.01. The van der Waals surface area contributed by atoms with E-state index >= 15 is 0 Å². The smallest absolute Gasteiger partial charge is 0.129 e. The topological polar surface area (TPSA) is 42.6 Å².